The molecule has 2 bridgehead atoms. The molecule has 2 aliphatic heterocycles. The summed E-state index contributed by atoms with van der Waals surface area (Å²) in [5.41, 5.74) is 1.92. The van der Waals surface area contributed by atoms with Gasteiger partial charge in [0, 0.05) is 24.7 Å². The molecule has 2 saturated heterocycles. The number of nitrogens with one attached hydrogen (secondary N) is 1. The summed E-state index contributed by atoms with van der Waals surface area (Å²) in [5.74, 6) is 1.05. The van der Waals surface area contributed by atoms with E-state index in [4.69, 9.17) is 9.47 Å². The number of methoxy groups -OCH3 is 1. The number of piperidine rings is 2. The van der Waals surface area contributed by atoms with Gasteiger partial charge >= 0.3 is 0 Å². The van der Waals surface area contributed by atoms with Crippen LogP contribution in [0.15, 0.2) is 48.5 Å². The molecule has 2 atom stereocenters. The average Bonchev–Trinajstić information content (AvgIpc) is 2.75. The standard InChI is InChI=1S/C25H32N2O3/c1-3-30-24-22(13-8-14-23(24)29-2)25(28)26-19-15-20-11-7-12-21(16-19)27(20)17-18-9-5-4-6-10-18/h4-6,8-10,13-14,19-21H,3,7,11-12,15-17H2,1-2H3,(H,26,28). The Balaban J connectivity index is 1.45. The molecule has 30 heavy (non-hydrogen) atoms. The van der Waals surface area contributed by atoms with Crippen molar-refractivity contribution < 1.29 is 14.3 Å². The van der Waals surface area contributed by atoms with E-state index >= 15 is 0 Å². The molecule has 2 aromatic carbocycles. The zero-order valence-electron chi connectivity index (χ0n) is 18.0. The number of nitrogens with zero attached hydrogens (tertiary/aromatic N) is 1. The summed E-state index contributed by atoms with van der Waals surface area (Å²) in [6.45, 7) is 3.40. The summed E-state index contributed by atoms with van der Waals surface area (Å²) in [4.78, 5) is 15.8. The quantitative estimate of drug-likeness (QED) is 0.737. The molecule has 2 fully saturated rings. The zero-order valence-corrected chi connectivity index (χ0v) is 18.0. The summed E-state index contributed by atoms with van der Waals surface area (Å²) < 4.78 is 11.1. The van der Waals surface area contributed by atoms with Gasteiger partial charge in [0.05, 0.1) is 19.3 Å². The lowest BCUT2D eigenvalue weighted by atomic mass is 9.81. The van der Waals surface area contributed by atoms with E-state index in [1.807, 2.05) is 25.1 Å². The van der Waals surface area contributed by atoms with Crippen LogP contribution < -0.4 is 14.8 Å². The molecule has 2 heterocycles. The molecule has 4 rings (SSSR count). The number of para-hydroxylation sites is 1. The summed E-state index contributed by atoms with van der Waals surface area (Å²) in [6.07, 6.45) is 5.70. The van der Waals surface area contributed by atoms with E-state index in [9.17, 15) is 4.79 Å². The number of rotatable bonds is 7. The number of amides is 1. The first kappa shape index (κ1) is 20.7. The highest BCUT2D eigenvalue weighted by Gasteiger charge is 2.38. The van der Waals surface area contributed by atoms with Gasteiger partial charge in [-0.15, -0.1) is 0 Å². The van der Waals surface area contributed by atoms with Gasteiger partial charge < -0.3 is 14.8 Å². The molecular formula is C25H32N2O3. The van der Waals surface area contributed by atoms with Gasteiger partial charge in [0.2, 0.25) is 0 Å². The van der Waals surface area contributed by atoms with E-state index < -0.39 is 0 Å². The number of carbonyl (C=O) groups is 1. The van der Waals surface area contributed by atoms with Gasteiger partial charge in [-0.3, -0.25) is 9.69 Å². The summed E-state index contributed by atoms with van der Waals surface area (Å²) in [7, 11) is 1.60. The largest absolute Gasteiger partial charge is 0.493 e. The maximum Gasteiger partial charge on any atom is 0.255 e. The van der Waals surface area contributed by atoms with Crippen molar-refractivity contribution in [1.82, 2.24) is 10.2 Å². The van der Waals surface area contributed by atoms with Crippen LogP contribution in [0.3, 0.4) is 0 Å². The molecule has 0 spiro atoms. The molecular weight excluding hydrogens is 376 g/mol. The fourth-order valence-corrected chi connectivity index (χ4v) is 5.06. The van der Waals surface area contributed by atoms with Gasteiger partial charge in [0.15, 0.2) is 11.5 Å². The van der Waals surface area contributed by atoms with Crippen LogP contribution in [-0.4, -0.2) is 42.6 Å². The number of benzene rings is 2. The average molecular weight is 409 g/mol. The fraction of sp³-hybridized carbons (Fsp3) is 0.480. The van der Waals surface area contributed by atoms with Crippen LogP contribution in [0.25, 0.3) is 0 Å². The lowest BCUT2D eigenvalue weighted by molar-refractivity contribution is 0.0176. The zero-order chi connectivity index (χ0) is 20.9. The highest BCUT2D eigenvalue weighted by Crippen LogP contribution is 2.36. The van der Waals surface area contributed by atoms with Gasteiger partial charge in [-0.2, -0.15) is 0 Å². The molecule has 1 amide bonds. The predicted octanol–water partition coefficient (Wildman–Crippen LogP) is 4.41. The number of carbonyl (C=O) groups excluding carboxylic acids is 1. The molecule has 2 aliphatic rings. The van der Waals surface area contributed by atoms with Crippen molar-refractivity contribution in [1.29, 1.82) is 0 Å². The minimum atomic E-state index is -0.0723. The Morgan fingerprint density at radius 2 is 1.80 bits per heavy atom. The highest BCUT2D eigenvalue weighted by molar-refractivity contribution is 5.98. The normalized spacial score (nSPS) is 23.6. The van der Waals surface area contributed by atoms with Crippen LogP contribution >= 0.6 is 0 Å². The molecule has 160 valence electrons. The van der Waals surface area contributed by atoms with Crippen molar-refractivity contribution >= 4 is 5.91 Å². The predicted molar refractivity (Wildman–Crippen MR) is 118 cm³/mol. The van der Waals surface area contributed by atoms with Crippen LogP contribution in [0.1, 0.15) is 54.9 Å². The minimum absolute atomic E-state index is 0.0723. The first-order valence-electron chi connectivity index (χ1n) is 11.1. The Hall–Kier alpha value is -2.53. The molecule has 0 saturated carbocycles. The second-order valence-corrected chi connectivity index (χ2v) is 8.31. The second kappa shape index (κ2) is 9.52. The first-order chi connectivity index (χ1) is 14.7. The number of hydrogen-bond donors (Lipinski definition) is 1. The van der Waals surface area contributed by atoms with Gasteiger partial charge in [-0.05, 0) is 50.3 Å². The first-order valence-corrected chi connectivity index (χ1v) is 11.1. The third-order valence-electron chi connectivity index (χ3n) is 6.40. The lowest BCUT2D eigenvalue weighted by Gasteiger charge is -2.49. The van der Waals surface area contributed by atoms with Gasteiger partial charge in [0.25, 0.3) is 5.91 Å². The SMILES string of the molecule is CCOc1c(OC)cccc1C(=O)NC1CC2CCCC(C1)N2Cc1ccccc1. The summed E-state index contributed by atoms with van der Waals surface area (Å²) >= 11 is 0. The van der Waals surface area contributed by atoms with E-state index in [2.05, 4.69) is 40.5 Å². The summed E-state index contributed by atoms with van der Waals surface area (Å²) in [6, 6.07) is 17.4. The molecule has 0 radical (unpaired) electrons. The van der Waals surface area contributed by atoms with Crippen molar-refractivity contribution in [3.05, 3.63) is 59.7 Å². The molecule has 0 aromatic heterocycles. The van der Waals surface area contributed by atoms with Gasteiger partial charge in [-0.25, -0.2) is 0 Å². The van der Waals surface area contributed by atoms with Gasteiger partial charge in [0.1, 0.15) is 0 Å². The van der Waals surface area contributed by atoms with Crippen molar-refractivity contribution in [2.75, 3.05) is 13.7 Å². The van der Waals surface area contributed by atoms with Gasteiger partial charge in [-0.1, -0.05) is 42.8 Å². The monoisotopic (exact) mass is 408 g/mol. The van der Waals surface area contributed by atoms with Crippen LogP contribution in [0.2, 0.25) is 0 Å². The van der Waals surface area contributed by atoms with Crippen molar-refractivity contribution in [3.8, 4) is 11.5 Å². The fourth-order valence-electron chi connectivity index (χ4n) is 5.06. The lowest BCUT2D eigenvalue weighted by Crippen LogP contribution is -2.56. The van der Waals surface area contributed by atoms with E-state index in [1.54, 1.807) is 7.11 Å². The Labute approximate surface area is 179 Å². The number of hydrogen-bond acceptors (Lipinski definition) is 4. The van der Waals surface area contributed by atoms with Crippen molar-refractivity contribution in [2.45, 2.75) is 63.7 Å². The Morgan fingerprint density at radius 1 is 1.07 bits per heavy atom. The molecule has 5 heteroatoms. The highest BCUT2D eigenvalue weighted by atomic mass is 16.5. The molecule has 2 unspecified atom stereocenters. The van der Waals surface area contributed by atoms with E-state index in [-0.39, 0.29) is 11.9 Å². The van der Waals surface area contributed by atoms with E-state index in [1.165, 1.54) is 24.8 Å². The maximum atomic E-state index is 13.1. The Morgan fingerprint density at radius 3 is 2.47 bits per heavy atom. The third kappa shape index (κ3) is 4.46. The maximum absolute atomic E-state index is 13.1. The molecule has 5 nitrogen and oxygen atoms in total. The smallest absolute Gasteiger partial charge is 0.255 e. The van der Waals surface area contributed by atoms with Crippen LogP contribution in [0, 0.1) is 0 Å². The second-order valence-electron chi connectivity index (χ2n) is 8.31. The van der Waals surface area contributed by atoms with E-state index in [0.29, 0.717) is 35.8 Å². The number of ether oxygens (including phenoxy) is 2. The third-order valence-corrected chi connectivity index (χ3v) is 6.40. The number of fused-ring (bicyclic) bond motifs is 2. The van der Waals surface area contributed by atoms with Crippen molar-refractivity contribution in [3.63, 3.8) is 0 Å². The van der Waals surface area contributed by atoms with Crippen molar-refractivity contribution in [2.24, 2.45) is 0 Å². The minimum Gasteiger partial charge on any atom is -0.493 e. The Kier molecular flexibility index (Phi) is 6.58. The topological polar surface area (TPSA) is 50.8 Å². The van der Waals surface area contributed by atoms with Crippen LogP contribution in [0.5, 0.6) is 11.5 Å². The molecule has 1 N–H and O–H groups in total. The molecule has 2 aromatic rings. The molecule has 0 aliphatic carbocycles. The van der Waals surface area contributed by atoms with Crippen LogP contribution in [0.4, 0.5) is 0 Å². The Bertz CT molecular complexity index is 841. The summed E-state index contributed by atoms with van der Waals surface area (Å²) in [5, 5.41) is 3.30. The van der Waals surface area contributed by atoms with Crippen LogP contribution in [-0.2, 0) is 6.54 Å². The van der Waals surface area contributed by atoms with E-state index in [0.717, 1.165) is 19.4 Å².